The molecule has 0 radical (unpaired) electrons. The Balaban J connectivity index is 1.90. The number of amides is 2. The summed E-state index contributed by atoms with van der Waals surface area (Å²) in [6.45, 7) is 6.68. The molecule has 142 valence electrons. The third kappa shape index (κ3) is 3.93. The van der Waals surface area contributed by atoms with Crippen LogP contribution in [0.3, 0.4) is 0 Å². The van der Waals surface area contributed by atoms with Crippen LogP contribution in [0.2, 0.25) is 5.02 Å². The van der Waals surface area contributed by atoms with E-state index in [1.165, 1.54) is 0 Å². The Morgan fingerprint density at radius 1 is 1.26 bits per heavy atom. The van der Waals surface area contributed by atoms with Crippen LogP contribution in [0.5, 0.6) is 5.75 Å². The van der Waals surface area contributed by atoms with Crippen LogP contribution in [-0.2, 0) is 4.79 Å². The highest BCUT2D eigenvalue weighted by Crippen LogP contribution is 2.38. The maximum Gasteiger partial charge on any atom is 0.257 e. The van der Waals surface area contributed by atoms with Gasteiger partial charge in [0.2, 0.25) is 5.91 Å². The molecule has 1 aliphatic heterocycles. The Labute approximate surface area is 164 Å². The van der Waals surface area contributed by atoms with Crippen molar-refractivity contribution in [3.63, 3.8) is 0 Å². The second-order valence-electron chi connectivity index (χ2n) is 7.25. The summed E-state index contributed by atoms with van der Waals surface area (Å²) in [4.78, 5) is 27.1. The summed E-state index contributed by atoms with van der Waals surface area (Å²) >= 11 is 6.09. The lowest BCUT2D eigenvalue weighted by Crippen LogP contribution is -2.42. The molecule has 0 fully saturated rings. The van der Waals surface area contributed by atoms with Gasteiger partial charge in [-0.25, -0.2) is 0 Å². The molecule has 2 aromatic carbocycles. The number of benzene rings is 2. The summed E-state index contributed by atoms with van der Waals surface area (Å²) in [7, 11) is 0. The first-order valence-electron chi connectivity index (χ1n) is 8.98. The number of hydrogen-bond donors (Lipinski definition) is 1. The van der Waals surface area contributed by atoms with E-state index in [0.717, 1.165) is 12.1 Å². The number of hydrogen-bond acceptors (Lipinski definition) is 3. The fourth-order valence-electron chi connectivity index (χ4n) is 3.01. The normalized spacial score (nSPS) is 15.6. The topological polar surface area (TPSA) is 58.6 Å². The van der Waals surface area contributed by atoms with E-state index in [1.807, 2.05) is 26.8 Å². The largest absolute Gasteiger partial charge is 0.490 e. The van der Waals surface area contributed by atoms with Gasteiger partial charge in [0.05, 0.1) is 21.7 Å². The molecule has 0 bridgehead atoms. The van der Waals surface area contributed by atoms with Crippen LogP contribution in [0.15, 0.2) is 42.5 Å². The molecule has 0 saturated carbocycles. The zero-order valence-electron chi connectivity index (χ0n) is 15.7. The van der Waals surface area contributed by atoms with Gasteiger partial charge in [-0.15, -0.1) is 0 Å². The molecule has 3 rings (SSSR count). The van der Waals surface area contributed by atoms with Crippen LogP contribution in [-0.4, -0.2) is 25.0 Å². The number of nitrogens with zero attached hydrogens (tertiary/aromatic N) is 1. The Bertz CT molecular complexity index is 879. The van der Waals surface area contributed by atoms with E-state index >= 15 is 0 Å². The van der Waals surface area contributed by atoms with Gasteiger partial charge in [0, 0.05) is 18.3 Å². The van der Waals surface area contributed by atoms with Crippen LogP contribution in [0.25, 0.3) is 0 Å². The molecule has 1 heterocycles. The van der Waals surface area contributed by atoms with E-state index in [0.29, 0.717) is 28.6 Å². The zero-order valence-corrected chi connectivity index (χ0v) is 16.5. The molecule has 0 unspecified atom stereocenters. The van der Waals surface area contributed by atoms with Crippen molar-refractivity contribution >= 4 is 34.8 Å². The monoisotopic (exact) mass is 386 g/mol. The standard InChI is InChI=1S/C21H23ClN2O3/c1-4-11-24-17-10-9-14(12-18(17)27-13-21(2,3)20(24)26)23-19(25)15-7-5-6-8-16(15)22/h5-10,12H,4,11,13H2,1-3H3,(H,23,25). The zero-order chi connectivity index (χ0) is 19.6. The number of carbonyl (C=O) groups is 2. The first-order chi connectivity index (χ1) is 12.8. The van der Waals surface area contributed by atoms with Gasteiger partial charge in [-0.2, -0.15) is 0 Å². The predicted octanol–water partition coefficient (Wildman–Crippen LogP) is 4.75. The number of nitrogens with one attached hydrogen (secondary N) is 1. The van der Waals surface area contributed by atoms with Crippen LogP contribution in [0.4, 0.5) is 11.4 Å². The van der Waals surface area contributed by atoms with Crippen LogP contribution < -0.4 is 15.0 Å². The molecule has 0 spiro atoms. The number of rotatable bonds is 4. The number of fused-ring (bicyclic) bond motifs is 1. The van der Waals surface area contributed by atoms with Crippen LogP contribution in [0.1, 0.15) is 37.6 Å². The minimum Gasteiger partial charge on any atom is -0.490 e. The summed E-state index contributed by atoms with van der Waals surface area (Å²) in [5, 5.41) is 3.23. The molecular formula is C21H23ClN2O3. The van der Waals surface area contributed by atoms with Gasteiger partial charge in [0.15, 0.2) is 0 Å². The predicted molar refractivity (Wildman–Crippen MR) is 108 cm³/mol. The summed E-state index contributed by atoms with van der Waals surface area (Å²) in [6.07, 6.45) is 0.840. The van der Waals surface area contributed by atoms with E-state index in [4.69, 9.17) is 16.3 Å². The van der Waals surface area contributed by atoms with Crippen molar-refractivity contribution in [1.82, 2.24) is 0 Å². The first-order valence-corrected chi connectivity index (χ1v) is 9.36. The average molecular weight is 387 g/mol. The third-order valence-electron chi connectivity index (χ3n) is 4.49. The molecule has 0 aromatic heterocycles. The van der Waals surface area contributed by atoms with Crippen molar-refractivity contribution in [1.29, 1.82) is 0 Å². The van der Waals surface area contributed by atoms with E-state index < -0.39 is 5.41 Å². The third-order valence-corrected chi connectivity index (χ3v) is 4.82. The Hall–Kier alpha value is -2.53. The molecule has 2 amide bonds. The maximum absolute atomic E-state index is 12.9. The van der Waals surface area contributed by atoms with E-state index in [-0.39, 0.29) is 18.4 Å². The molecule has 0 saturated heterocycles. The van der Waals surface area contributed by atoms with Gasteiger partial charge in [-0.05, 0) is 44.5 Å². The van der Waals surface area contributed by atoms with E-state index in [9.17, 15) is 9.59 Å². The molecule has 6 heteroatoms. The molecule has 2 aromatic rings. The lowest BCUT2D eigenvalue weighted by Gasteiger charge is -2.27. The number of carbonyl (C=O) groups excluding carboxylic acids is 2. The van der Waals surface area contributed by atoms with Gasteiger partial charge in [0.1, 0.15) is 12.4 Å². The van der Waals surface area contributed by atoms with Gasteiger partial charge in [-0.1, -0.05) is 30.7 Å². The van der Waals surface area contributed by atoms with Crippen molar-refractivity contribution in [2.45, 2.75) is 27.2 Å². The molecule has 0 aliphatic carbocycles. The Kier molecular flexibility index (Phi) is 5.42. The minimum absolute atomic E-state index is 0.0379. The maximum atomic E-state index is 12.9. The lowest BCUT2D eigenvalue weighted by molar-refractivity contribution is -0.127. The second-order valence-corrected chi connectivity index (χ2v) is 7.65. The van der Waals surface area contributed by atoms with Gasteiger partial charge >= 0.3 is 0 Å². The molecular weight excluding hydrogens is 364 g/mol. The highest BCUT2D eigenvalue weighted by molar-refractivity contribution is 6.34. The fraction of sp³-hybridized carbons (Fsp3) is 0.333. The molecule has 1 aliphatic rings. The fourth-order valence-corrected chi connectivity index (χ4v) is 3.24. The quantitative estimate of drug-likeness (QED) is 0.824. The van der Waals surface area contributed by atoms with E-state index in [2.05, 4.69) is 5.32 Å². The lowest BCUT2D eigenvalue weighted by atomic mass is 9.93. The first kappa shape index (κ1) is 19.2. The van der Waals surface area contributed by atoms with Crippen molar-refractivity contribution in [3.05, 3.63) is 53.1 Å². The summed E-state index contributed by atoms with van der Waals surface area (Å²) in [5.74, 6) is 0.325. The average Bonchev–Trinajstić information content (AvgIpc) is 2.72. The van der Waals surface area contributed by atoms with E-state index in [1.54, 1.807) is 41.3 Å². The summed E-state index contributed by atoms with van der Waals surface area (Å²) in [5.41, 5.74) is 1.10. The Morgan fingerprint density at radius 2 is 2.00 bits per heavy atom. The number of ether oxygens (including phenoxy) is 1. The second kappa shape index (κ2) is 7.61. The summed E-state index contributed by atoms with van der Waals surface area (Å²) in [6, 6.07) is 12.2. The van der Waals surface area contributed by atoms with Crippen LogP contribution in [0, 0.1) is 5.41 Å². The van der Waals surface area contributed by atoms with Crippen molar-refractivity contribution in [2.24, 2.45) is 5.41 Å². The minimum atomic E-state index is -0.616. The van der Waals surface area contributed by atoms with Crippen molar-refractivity contribution < 1.29 is 14.3 Å². The van der Waals surface area contributed by atoms with Gasteiger partial charge < -0.3 is 15.0 Å². The highest BCUT2D eigenvalue weighted by atomic mass is 35.5. The highest BCUT2D eigenvalue weighted by Gasteiger charge is 2.37. The van der Waals surface area contributed by atoms with Gasteiger partial charge in [-0.3, -0.25) is 9.59 Å². The molecule has 27 heavy (non-hydrogen) atoms. The molecule has 5 nitrogen and oxygen atoms in total. The van der Waals surface area contributed by atoms with Crippen LogP contribution >= 0.6 is 11.6 Å². The Morgan fingerprint density at radius 3 is 2.70 bits per heavy atom. The smallest absolute Gasteiger partial charge is 0.257 e. The molecule has 0 atom stereocenters. The molecule has 1 N–H and O–H groups in total. The number of anilines is 2. The SMILES string of the molecule is CCCN1C(=O)C(C)(C)COc2cc(NC(=O)c3ccccc3Cl)ccc21. The summed E-state index contributed by atoms with van der Waals surface area (Å²) < 4.78 is 5.92. The van der Waals surface area contributed by atoms with Gasteiger partial charge in [0.25, 0.3) is 5.91 Å². The van der Waals surface area contributed by atoms with Crippen molar-refractivity contribution in [2.75, 3.05) is 23.4 Å². The van der Waals surface area contributed by atoms with Crippen molar-refractivity contribution in [3.8, 4) is 5.75 Å². The number of halogens is 1.